The van der Waals surface area contributed by atoms with Crippen LogP contribution >= 0.6 is 11.6 Å². The Morgan fingerprint density at radius 1 is 1.17 bits per heavy atom. The van der Waals surface area contributed by atoms with Crippen LogP contribution in [0.3, 0.4) is 0 Å². The fourth-order valence-corrected chi connectivity index (χ4v) is 2.62. The number of nitrogens with zero attached hydrogens (tertiary/aromatic N) is 1. The summed E-state index contributed by atoms with van der Waals surface area (Å²) in [4.78, 5) is 22.5. The number of carbonyl (C=O) groups excluding carboxylic acids is 1. The van der Waals surface area contributed by atoms with E-state index in [4.69, 9.17) is 25.8 Å². The molecule has 0 unspecified atom stereocenters. The highest BCUT2D eigenvalue weighted by molar-refractivity contribution is 6.32. The fraction of sp³-hybridized carbons (Fsp3) is 0.316. The van der Waals surface area contributed by atoms with Crippen molar-refractivity contribution in [1.29, 1.82) is 0 Å². The predicted molar refractivity (Wildman–Crippen MR) is 101 cm³/mol. The number of ether oxygens (including phenoxy) is 3. The minimum absolute atomic E-state index is 0.00216. The summed E-state index contributed by atoms with van der Waals surface area (Å²) in [6, 6.07) is 6.14. The van der Waals surface area contributed by atoms with Gasteiger partial charge in [-0.05, 0) is 37.3 Å². The topological polar surface area (TPSA) is 87.9 Å². The summed E-state index contributed by atoms with van der Waals surface area (Å²) in [7, 11) is 0. The van der Waals surface area contributed by atoms with Crippen molar-refractivity contribution in [1.82, 2.24) is 0 Å². The Balaban J connectivity index is 2.19. The molecule has 7 nitrogen and oxygen atoms in total. The molecule has 2 aromatic rings. The van der Waals surface area contributed by atoms with E-state index in [0.717, 1.165) is 18.2 Å². The van der Waals surface area contributed by atoms with E-state index in [1.807, 2.05) is 0 Å². The maximum Gasteiger partial charge on any atom is 0.416 e. The van der Waals surface area contributed by atoms with Crippen molar-refractivity contribution in [2.75, 3.05) is 19.8 Å². The van der Waals surface area contributed by atoms with Crippen molar-refractivity contribution in [3.05, 3.63) is 62.7 Å². The van der Waals surface area contributed by atoms with Crippen LogP contribution in [0.1, 0.15) is 18.1 Å². The highest BCUT2D eigenvalue weighted by Gasteiger charge is 2.31. The van der Waals surface area contributed by atoms with Crippen molar-refractivity contribution in [2.45, 2.75) is 19.5 Å². The monoisotopic (exact) mass is 447 g/mol. The molecule has 0 radical (unpaired) electrons. The second kappa shape index (κ2) is 10.3. The van der Waals surface area contributed by atoms with Crippen LogP contribution in [-0.2, 0) is 26.9 Å². The van der Waals surface area contributed by atoms with Crippen molar-refractivity contribution in [3.8, 4) is 11.5 Å². The standard InChI is InChI=1S/C19H17ClF3NO6/c1-2-28-7-8-29-18(25)10-12-9-14(4-5-16(12)24(26)27)30-17-6-3-13(11-15(17)20)19(21,22)23/h3-6,9,11H,2,7-8,10H2,1H3. The first-order chi connectivity index (χ1) is 14.1. The van der Waals surface area contributed by atoms with Crippen molar-refractivity contribution < 1.29 is 37.1 Å². The van der Waals surface area contributed by atoms with E-state index in [1.54, 1.807) is 6.92 Å². The number of nitro groups is 1. The van der Waals surface area contributed by atoms with E-state index < -0.39 is 29.1 Å². The second-order valence-electron chi connectivity index (χ2n) is 5.89. The summed E-state index contributed by atoms with van der Waals surface area (Å²) < 4.78 is 53.6. The normalized spacial score (nSPS) is 11.2. The highest BCUT2D eigenvalue weighted by Crippen LogP contribution is 2.37. The molecular weight excluding hydrogens is 431 g/mol. The van der Waals surface area contributed by atoms with Crippen molar-refractivity contribution >= 4 is 23.3 Å². The van der Waals surface area contributed by atoms with Crippen LogP contribution in [0, 0.1) is 10.1 Å². The van der Waals surface area contributed by atoms with Crippen LogP contribution in [-0.4, -0.2) is 30.7 Å². The van der Waals surface area contributed by atoms with Crippen molar-refractivity contribution in [2.24, 2.45) is 0 Å². The van der Waals surface area contributed by atoms with Crippen LogP contribution in [0.15, 0.2) is 36.4 Å². The maximum atomic E-state index is 12.7. The number of nitro benzene ring substituents is 1. The Bertz CT molecular complexity index is 920. The molecule has 0 saturated heterocycles. The third-order valence-electron chi connectivity index (χ3n) is 3.76. The molecule has 11 heteroatoms. The van der Waals surface area contributed by atoms with Gasteiger partial charge in [-0.1, -0.05) is 11.6 Å². The predicted octanol–water partition coefficient (Wildman–Crippen LogP) is 5.18. The van der Waals surface area contributed by atoms with Crippen molar-refractivity contribution in [3.63, 3.8) is 0 Å². The van der Waals surface area contributed by atoms with Gasteiger partial charge in [0.15, 0.2) is 0 Å². The van der Waals surface area contributed by atoms with E-state index in [-0.39, 0.29) is 41.0 Å². The molecule has 0 aromatic heterocycles. The molecule has 0 fully saturated rings. The fourth-order valence-electron chi connectivity index (χ4n) is 2.40. The minimum Gasteiger partial charge on any atom is -0.463 e. The Labute approximate surface area is 174 Å². The number of rotatable bonds is 9. The van der Waals surface area contributed by atoms with E-state index in [9.17, 15) is 28.1 Å². The third kappa shape index (κ3) is 6.60. The zero-order valence-corrected chi connectivity index (χ0v) is 16.5. The lowest BCUT2D eigenvalue weighted by Gasteiger charge is -2.12. The summed E-state index contributed by atoms with van der Waals surface area (Å²) >= 11 is 5.85. The molecular formula is C19H17ClF3NO6. The van der Waals surface area contributed by atoms with Crippen LogP contribution in [0.25, 0.3) is 0 Å². The Kier molecular flexibility index (Phi) is 8.01. The number of hydrogen-bond acceptors (Lipinski definition) is 6. The summed E-state index contributed by atoms with van der Waals surface area (Å²) in [6.07, 6.45) is -4.97. The largest absolute Gasteiger partial charge is 0.463 e. The number of alkyl halides is 3. The lowest BCUT2D eigenvalue weighted by Crippen LogP contribution is -2.13. The molecule has 0 amide bonds. The number of esters is 1. The Morgan fingerprint density at radius 3 is 2.50 bits per heavy atom. The number of halogens is 4. The van der Waals surface area contributed by atoms with E-state index in [2.05, 4.69) is 0 Å². The smallest absolute Gasteiger partial charge is 0.416 e. The summed E-state index contributed by atoms with van der Waals surface area (Å²) in [6.45, 7) is 2.42. The molecule has 2 aromatic carbocycles. The molecule has 0 aliphatic heterocycles. The summed E-state index contributed by atoms with van der Waals surface area (Å²) in [5, 5.41) is 10.9. The lowest BCUT2D eigenvalue weighted by molar-refractivity contribution is -0.385. The SMILES string of the molecule is CCOCCOC(=O)Cc1cc(Oc2ccc(C(F)(F)F)cc2Cl)ccc1[N+](=O)[O-]. The van der Waals surface area contributed by atoms with Gasteiger partial charge in [0.05, 0.1) is 28.5 Å². The number of benzene rings is 2. The first-order valence-corrected chi connectivity index (χ1v) is 9.05. The van der Waals surface area contributed by atoms with Crippen LogP contribution in [0.4, 0.5) is 18.9 Å². The Morgan fingerprint density at radius 2 is 1.90 bits per heavy atom. The lowest BCUT2D eigenvalue weighted by atomic mass is 10.1. The number of carbonyl (C=O) groups is 1. The second-order valence-corrected chi connectivity index (χ2v) is 6.29. The average Bonchev–Trinajstić information content (AvgIpc) is 2.66. The maximum absolute atomic E-state index is 12.7. The molecule has 2 rings (SSSR count). The van der Waals surface area contributed by atoms with Crippen LogP contribution in [0.5, 0.6) is 11.5 Å². The molecule has 0 aliphatic rings. The van der Waals surface area contributed by atoms with E-state index in [1.165, 1.54) is 12.1 Å². The molecule has 0 N–H and O–H groups in total. The van der Waals surface area contributed by atoms with Gasteiger partial charge in [0, 0.05) is 18.2 Å². The average molecular weight is 448 g/mol. The minimum atomic E-state index is -4.56. The first kappa shape index (κ1) is 23.4. The quantitative estimate of drug-likeness (QED) is 0.228. The van der Waals surface area contributed by atoms with Gasteiger partial charge in [-0.15, -0.1) is 0 Å². The van der Waals surface area contributed by atoms with Gasteiger partial charge in [0.1, 0.15) is 18.1 Å². The Hall–Kier alpha value is -2.85. The molecule has 162 valence electrons. The molecule has 0 aliphatic carbocycles. The van der Waals surface area contributed by atoms with Gasteiger partial charge >= 0.3 is 12.1 Å². The van der Waals surface area contributed by atoms with E-state index in [0.29, 0.717) is 12.7 Å². The zero-order valence-electron chi connectivity index (χ0n) is 15.7. The molecule has 0 heterocycles. The van der Waals surface area contributed by atoms with Crippen LogP contribution < -0.4 is 4.74 Å². The van der Waals surface area contributed by atoms with E-state index >= 15 is 0 Å². The van der Waals surface area contributed by atoms with Gasteiger partial charge in [0.25, 0.3) is 5.69 Å². The molecule has 0 atom stereocenters. The summed E-state index contributed by atoms with van der Waals surface area (Å²) in [5.74, 6) is -0.731. The molecule has 0 saturated carbocycles. The van der Waals surface area contributed by atoms with Gasteiger partial charge in [0.2, 0.25) is 0 Å². The van der Waals surface area contributed by atoms with Gasteiger partial charge < -0.3 is 14.2 Å². The van der Waals surface area contributed by atoms with Crippen LogP contribution in [0.2, 0.25) is 5.02 Å². The van der Waals surface area contributed by atoms with Gasteiger partial charge in [-0.2, -0.15) is 13.2 Å². The highest BCUT2D eigenvalue weighted by atomic mass is 35.5. The van der Waals surface area contributed by atoms with Gasteiger partial charge in [-0.3, -0.25) is 14.9 Å². The zero-order chi connectivity index (χ0) is 22.3. The third-order valence-corrected chi connectivity index (χ3v) is 4.06. The number of hydrogen-bond donors (Lipinski definition) is 0. The summed E-state index contributed by atoms with van der Waals surface area (Å²) in [5.41, 5.74) is -1.26. The molecule has 30 heavy (non-hydrogen) atoms. The first-order valence-electron chi connectivity index (χ1n) is 8.67. The molecule has 0 bridgehead atoms. The van der Waals surface area contributed by atoms with Gasteiger partial charge in [-0.25, -0.2) is 0 Å². The molecule has 0 spiro atoms.